The third-order valence-corrected chi connectivity index (χ3v) is 4.77. The predicted molar refractivity (Wildman–Crippen MR) is 68.0 cm³/mol. The summed E-state index contributed by atoms with van der Waals surface area (Å²) in [4.78, 5) is 0. The standard InChI is InChI=1S/C13H17NOS/c15-13-3-1-2-10-11(13)4-5-12(10)14-9-6-7-16-8-9/h1-3,9,12,14-15H,4-8H2. The average molecular weight is 235 g/mol. The fourth-order valence-electron chi connectivity index (χ4n) is 2.76. The molecule has 0 amide bonds. The third-order valence-electron chi connectivity index (χ3n) is 3.61. The summed E-state index contributed by atoms with van der Waals surface area (Å²) >= 11 is 2.04. The molecule has 0 spiro atoms. The Morgan fingerprint density at radius 3 is 3.06 bits per heavy atom. The zero-order valence-electron chi connectivity index (χ0n) is 9.28. The van der Waals surface area contributed by atoms with Gasteiger partial charge in [-0.2, -0.15) is 11.8 Å². The van der Waals surface area contributed by atoms with Crippen LogP contribution < -0.4 is 5.32 Å². The van der Waals surface area contributed by atoms with Crippen LogP contribution in [0, 0.1) is 0 Å². The maximum atomic E-state index is 9.78. The maximum absolute atomic E-state index is 9.78. The highest BCUT2D eigenvalue weighted by molar-refractivity contribution is 7.99. The van der Waals surface area contributed by atoms with Gasteiger partial charge in [0.05, 0.1) is 0 Å². The van der Waals surface area contributed by atoms with E-state index < -0.39 is 0 Å². The van der Waals surface area contributed by atoms with E-state index in [2.05, 4.69) is 11.4 Å². The van der Waals surface area contributed by atoms with E-state index in [1.165, 1.54) is 23.5 Å². The van der Waals surface area contributed by atoms with Crippen LogP contribution >= 0.6 is 11.8 Å². The van der Waals surface area contributed by atoms with Gasteiger partial charge in [0.2, 0.25) is 0 Å². The van der Waals surface area contributed by atoms with Crippen LogP contribution in [0.5, 0.6) is 5.75 Å². The Hall–Kier alpha value is -0.670. The first kappa shape index (κ1) is 10.5. The summed E-state index contributed by atoms with van der Waals surface area (Å²) in [6, 6.07) is 7.04. The lowest BCUT2D eigenvalue weighted by molar-refractivity contribution is 0.459. The van der Waals surface area contributed by atoms with Crippen molar-refractivity contribution in [3.63, 3.8) is 0 Å². The molecule has 0 radical (unpaired) electrons. The van der Waals surface area contributed by atoms with Crippen LogP contribution in [-0.4, -0.2) is 22.7 Å². The lowest BCUT2D eigenvalue weighted by Gasteiger charge is -2.19. The minimum atomic E-state index is 0.464. The molecule has 1 aromatic rings. The molecule has 86 valence electrons. The second kappa shape index (κ2) is 4.30. The van der Waals surface area contributed by atoms with Crippen LogP contribution in [0.15, 0.2) is 18.2 Å². The molecule has 2 aliphatic rings. The SMILES string of the molecule is Oc1cccc2c1CCC2NC1CCSC1. The summed E-state index contributed by atoms with van der Waals surface area (Å²) in [5.41, 5.74) is 2.47. The molecule has 1 saturated heterocycles. The van der Waals surface area contributed by atoms with Crippen molar-refractivity contribution in [1.82, 2.24) is 5.32 Å². The molecule has 16 heavy (non-hydrogen) atoms. The van der Waals surface area contributed by atoms with Crippen LogP contribution in [0.3, 0.4) is 0 Å². The van der Waals surface area contributed by atoms with E-state index in [0.29, 0.717) is 17.8 Å². The molecule has 1 aliphatic carbocycles. The molecule has 3 rings (SSSR count). The number of nitrogens with one attached hydrogen (secondary N) is 1. The molecule has 0 aromatic heterocycles. The second-order valence-corrected chi connectivity index (χ2v) is 5.81. The number of aromatic hydroxyl groups is 1. The van der Waals surface area contributed by atoms with Crippen LogP contribution in [-0.2, 0) is 6.42 Å². The Labute approximate surface area is 100 Å². The molecule has 2 unspecified atom stereocenters. The molecule has 1 aliphatic heterocycles. The van der Waals surface area contributed by atoms with Gasteiger partial charge >= 0.3 is 0 Å². The van der Waals surface area contributed by atoms with Gasteiger partial charge in [-0.15, -0.1) is 0 Å². The number of fused-ring (bicyclic) bond motifs is 1. The minimum Gasteiger partial charge on any atom is -0.508 e. The van der Waals surface area contributed by atoms with Crippen LogP contribution in [0.25, 0.3) is 0 Å². The molecule has 0 saturated carbocycles. The largest absolute Gasteiger partial charge is 0.508 e. The number of hydrogen-bond donors (Lipinski definition) is 2. The normalized spacial score (nSPS) is 28.2. The first-order valence-electron chi connectivity index (χ1n) is 5.99. The third kappa shape index (κ3) is 1.82. The molecule has 3 heteroatoms. The van der Waals surface area contributed by atoms with Gasteiger partial charge in [-0.25, -0.2) is 0 Å². The van der Waals surface area contributed by atoms with Gasteiger partial charge in [0, 0.05) is 17.8 Å². The summed E-state index contributed by atoms with van der Waals surface area (Å²) in [6.45, 7) is 0. The van der Waals surface area contributed by atoms with E-state index in [9.17, 15) is 5.11 Å². The number of rotatable bonds is 2. The van der Waals surface area contributed by atoms with Gasteiger partial charge in [-0.3, -0.25) is 0 Å². The zero-order chi connectivity index (χ0) is 11.0. The number of thioether (sulfide) groups is 1. The van der Waals surface area contributed by atoms with Crippen molar-refractivity contribution in [1.29, 1.82) is 0 Å². The predicted octanol–water partition coefficient (Wildman–Crippen LogP) is 2.47. The summed E-state index contributed by atoms with van der Waals surface area (Å²) in [6.07, 6.45) is 3.43. The first-order chi connectivity index (χ1) is 7.84. The maximum Gasteiger partial charge on any atom is 0.119 e. The Morgan fingerprint density at radius 2 is 2.25 bits per heavy atom. The monoisotopic (exact) mass is 235 g/mol. The second-order valence-electron chi connectivity index (χ2n) is 4.66. The molecule has 2 nitrogen and oxygen atoms in total. The molecule has 1 heterocycles. The van der Waals surface area contributed by atoms with Crippen molar-refractivity contribution in [3.05, 3.63) is 29.3 Å². The lowest BCUT2D eigenvalue weighted by atomic mass is 10.1. The first-order valence-corrected chi connectivity index (χ1v) is 7.14. The van der Waals surface area contributed by atoms with E-state index in [1.54, 1.807) is 6.07 Å². The molecule has 0 bridgehead atoms. The van der Waals surface area contributed by atoms with Crippen molar-refractivity contribution >= 4 is 11.8 Å². The fraction of sp³-hybridized carbons (Fsp3) is 0.538. The summed E-state index contributed by atoms with van der Waals surface area (Å²) < 4.78 is 0. The Bertz CT molecular complexity index is 388. The number of phenols is 1. The quantitative estimate of drug-likeness (QED) is 0.826. The van der Waals surface area contributed by atoms with Gasteiger partial charge in [-0.1, -0.05) is 12.1 Å². The molecular weight excluding hydrogens is 218 g/mol. The van der Waals surface area contributed by atoms with Crippen molar-refractivity contribution in [2.45, 2.75) is 31.3 Å². The van der Waals surface area contributed by atoms with Gasteiger partial charge in [0.1, 0.15) is 5.75 Å². The van der Waals surface area contributed by atoms with Crippen LogP contribution in [0.4, 0.5) is 0 Å². The highest BCUT2D eigenvalue weighted by atomic mass is 32.2. The van der Waals surface area contributed by atoms with E-state index >= 15 is 0 Å². The Morgan fingerprint density at radius 1 is 1.31 bits per heavy atom. The van der Waals surface area contributed by atoms with Crippen molar-refractivity contribution in [2.75, 3.05) is 11.5 Å². The van der Waals surface area contributed by atoms with Gasteiger partial charge in [0.15, 0.2) is 0 Å². The van der Waals surface area contributed by atoms with Gasteiger partial charge in [-0.05, 0) is 42.2 Å². The van der Waals surface area contributed by atoms with Crippen LogP contribution in [0.2, 0.25) is 0 Å². The molecule has 1 aromatic carbocycles. The number of phenolic OH excluding ortho intramolecular Hbond substituents is 1. The zero-order valence-corrected chi connectivity index (χ0v) is 10.1. The molecular formula is C13H17NOS. The number of benzene rings is 1. The van der Waals surface area contributed by atoms with Gasteiger partial charge in [0.25, 0.3) is 0 Å². The fourth-order valence-corrected chi connectivity index (χ4v) is 3.92. The van der Waals surface area contributed by atoms with Crippen LogP contribution in [0.1, 0.15) is 30.0 Å². The highest BCUT2D eigenvalue weighted by Crippen LogP contribution is 2.37. The Balaban J connectivity index is 1.78. The summed E-state index contributed by atoms with van der Waals surface area (Å²) in [5, 5.41) is 13.5. The van der Waals surface area contributed by atoms with E-state index in [1.807, 2.05) is 17.8 Å². The topological polar surface area (TPSA) is 32.3 Å². The van der Waals surface area contributed by atoms with E-state index in [4.69, 9.17) is 0 Å². The van der Waals surface area contributed by atoms with Gasteiger partial charge < -0.3 is 10.4 Å². The highest BCUT2D eigenvalue weighted by Gasteiger charge is 2.27. The van der Waals surface area contributed by atoms with E-state index in [-0.39, 0.29) is 0 Å². The average Bonchev–Trinajstić information content (AvgIpc) is 2.90. The lowest BCUT2D eigenvalue weighted by Crippen LogP contribution is -2.31. The van der Waals surface area contributed by atoms with Crippen molar-refractivity contribution in [3.8, 4) is 5.75 Å². The minimum absolute atomic E-state index is 0.464. The van der Waals surface area contributed by atoms with E-state index in [0.717, 1.165) is 18.4 Å². The smallest absolute Gasteiger partial charge is 0.119 e. The molecule has 1 fully saturated rings. The van der Waals surface area contributed by atoms with Crippen molar-refractivity contribution in [2.24, 2.45) is 0 Å². The number of hydrogen-bond acceptors (Lipinski definition) is 3. The molecule has 2 N–H and O–H groups in total. The summed E-state index contributed by atoms with van der Waals surface area (Å²) in [7, 11) is 0. The molecule has 2 atom stereocenters. The Kier molecular flexibility index (Phi) is 2.82. The summed E-state index contributed by atoms with van der Waals surface area (Å²) in [5.74, 6) is 3.00. The van der Waals surface area contributed by atoms with Crippen molar-refractivity contribution < 1.29 is 5.11 Å².